The monoisotopic (exact) mass is 240 g/mol. The number of hydrogen-bond donors (Lipinski definition) is 0. The Morgan fingerprint density at radius 2 is 1.81 bits per heavy atom. The number of alkyl halides is 1. The van der Waals surface area contributed by atoms with Gasteiger partial charge in [-0.2, -0.15) is 0 Å². The molecule has 0 radical (unpaired) electrons. The lowest BCUT2D eigenvalue weighted by atomic mass is 9.96. The van der Waals surface area contributed by atoms with E-state index >= 15 is 0 Å². The molecule has 1 aromatic carbocycles. The van der Waals surface area contributed by atoms with Crippen LogP contribution in [0.25, 0.3) is 0 Å². The molecule has 0 spiro atoms. The van der Waals surface area contributed by atoms with Crippen LogP contribution in [0, 0.1) is 13.8 Å². The zero-order chi connectivity index (χ0) is 12.1. The van der Waals surface area contributed by atoms with Crippen LogP contribution in [0.1, 0.15) is 29.2 Å². The van der Waals surface area contributed by atoms with Crippen LogP contribution < -0.4 is 0 Å². The van der Waals surface area contributed by atoms with Gasteiger partial charge in [0.25, 0.3) is 0 Å². The third-order valence-corrected chi connectivity index (χ3v) is 2.93. The fraction of sp³-hybridized carbons (Fsp3) is 0.462. The van der Waals surface area contributed by atoms with Crippen molar-refractivity contribution in [3.8, 4) is 0 Å². The number of hydrogen-bond acceptors (Lipinski definition) is 2. The topological polar surface area (TPSA) is 26.3 Å². The third kappa shape index (κ3) is 2.99. The highest BCUT2D eigenvalue weighted by atomic mass is 35.5. The van der Waals surface area contributed by atoms with E-state index in [1.165, 1.54) is 0 Å². The summed E-state index contributed by atoms with van der Waals surface area (Å²) in [5.74, 6) is 0.241. The molecule has 0 atom stereocenters. The fourth-order valence-electron chi connectivity index (χ4n) is 1.72. The van der Waals surface area contributed by atoms with Crippen molar-refractivity contribution < 1.29 is 9.53 Å². The zero-order valence-electron chi connectivity index (χ0n) is 9.97. The molecule has 0 heterocycles. The predicted octanol–water partition coefficient (Wildman–Crippen LogP) is 3.15. The summed E-state index contributed by atoms with van der Waals surface area (Å²) in [6.45, 7) is 6.22. The lowest BCUT2D eigenvalue weighted by Crippen LogP contribution is -2.11. The van der Waals surface area contributed by atoms with Crippen molar-refractivity contribution >= 4 is 17.6 Å². The van der Waals surface area contributed by atoms with Crippen LogP contribution in [-0.2, 0) is 21.8 Å². The van der Waals surface area contributed by atoms with Gasteiger partial charge in [0.1, 0.15) is 0 Å². The van der Waals surface area contributed by atoms with Gasteiger partial charge in [-0.3, -0.25) is 4.79 Å². The first-order valence-corrected chi connectivity index (χ1v) is 5.93. The number of rotatable bonds is 4. The van der Waals surface area contributed by atoms with E-state index in [1.807, 2.05) is 32.9 Å². The maximum absolute atomic E-state index is 11.5. The second-order valence-electron chi connectivity index (χ2n) is 3.77. The minimum atomic E-state index is -0.192. The fourth-order valence-corrected chi connectivity index (χ4v) is 2.09. The average molecular weight is 241 g/mol. The SMILES string of the molecule is CCOC(=O)Cc1c(C)ccc(C)c1CCl. The van der Waals surface area contributed by atoms with Gasteiger partial charge < -0.3 is 4.74 Å². The van der Waals surface area contributed by atoms with E-state index in [2.05, 4.69) is 0 Å². The number of carbonyl (C=O) groups is 1. The third-order valence-electron chi connectivity index (χ3n) is 2.66. The second-order valence-corrected chi connectivity index (χ2v) is 4.04. The Morgan fingerprint density at radius 3 is 2.31 bits per heavy atom. The van der Waals surface area contributed by atoms with E-state index in [4.69, 9.17) is 16.3 Å². The van der Waals surface area contributed by atoms with Gasteiger partial charge in [-0.1, -0.05) is 12.1 Å². The molecule has 0 unspecified atom stereocenters. The molecule has 0 N–H and O–H groups in total. The standard InChI is InChI=1S/C13H17ClO2/c1-4-16-13(15)7-11-9(2)5-6-10(3)12(11)8-14/h5-6H,4,7-8H2,1-3H3. The molecule has 0 amide bonds. The van der Waals surface area contributed by atoms with Crippen molar-refractivity contribution in [1.29, 1.82) is 0 Å². The Morgan fingerprint density at radius 1 is 1.25 bits per heavy atom. The van der Waals surface area contributed by atoms with Gasteiger partial charge in [0.2, 0.25) is 0 Å². The van der Waals surface area contributed by atoms with Crippen LogP contribution in [0.3, 0.4) is 0 Å². The van der Waals surface area contributed by atoms with Crippen molar-refractivity contribution in [1.82, 2.24) is 0 Å². The summed E-state index contributed by atoms with van der Waals surface area (Å²) >= 11 is 5.92. The van der Waals surface area contributed by atoms with Crippen molar-refractivity contribution in [3.05, 3.63) is 34.4 Å². The number of ether oxygens (including phenoxy) is 1. The predicted molar refractivity (Wildman–Crippen MR) is 65.8 cm³/mol. The maximum Gasteiger partial charge on any atom is 0.310 e. The first-order valence-electron chi connectivity index (χ1n) is 5.39. The zero-order valence-corrected chi connectivity index (χ0v) is 10.7. The van der Waals surface area contributed by atoms with E-state index in [9.17, 15) is 4.79 Å². The van der Waals surface area contributed by atoms with Gasteiger partial charge in [0.05, 0.1) is 13.0 Å². The summed E-state index contributed by atoms with van der Waals surface area (Å²) in [5, 5.41) is 0. The van der Waals surface area contributed by atoms with E-state index in [-0.39, 0.29) is 5.97 Å². The summed E-state index contributed by atoms with van der Waals surface area (Å²) in [5.41, 5.74) is 4.28. The first kappa shape index (κ1) is 13.0. The molecule has 0 aliphatic carbocycles. The highest BCUT2D eigenvalue weighted by Crippen LogP contribution is 2.21. The Bertz CT molecular complexity index is 386. The lowest BCUT2D eigenvalue weighted by Gasteiger charge is -2.13. The maximum atomic E-state index is 11.5. The van der Waals surface area contributed by atoms with Gasteiger partial charge >= 0.3 is 5.97 Å². The number of aryl methyl sites for hydroxylation is 2. The Balaban J connectivity index is 3.01. The molecule has 0 bridgehead atoms. The van der Waals surface area contributed by atoms with E-state index < -0.39 is 0 Å². The van der Waals surface area contributed by atoms with Crippen LogP contribution in [0.4, 0.5) is 0 Å². The van der Waals surface area contributed by atoms with Gasteiger partial charge in [-0.15, -0.1) is 11.6 Å². The molecule has 0 saturated carbocycles. The Kier molecular flexibility index (Phi) is 4.81. The van der Waals surface area contributed by atoms with Crippen LogP contribution in [-0.4, -0.2) is 12.6 Å². The molecule has 0 saturated heterocycles. The summed E-state index contributed by atoms with van der Waals surface area (Å²) < 4.78 is 4.96. The average Bonchev–Trinajstić information content (AvgIpc) is 2.24. The summed E-state index contributed by atoms with van der Waals surface area (Å²) in [4.78, 5) is 11.5. The molecule has 16 heavy (non-hydrogen) atoms. The van der Waals surface area contributed by atoms with Crippen molar-refractivity contribution in [2.24, 2.45) is 0 Å². The van der Waals surface area contributed by atoms with Gasteiger partial charge in [-0.05, 0) is 43.0 Å². The van der Waals surface area contributed by atoms with Crippen molar-refractivity contribution in [2.75, 3.05) is 6.61 Å². The lowest BCUT2D eigenvalue weighted by molar-refractivity contribution is -0.142. The molecule has 0 aromatic heterocycles. The van der Waals surface area contributed by atoms with Crippen molar-refractivity contribution in [2.45, 2.75) is 33.1 Å². The number of carbonyl (C=O) groups excluding carboxylic acids is 1. The minimum absolute atomic E-state index is 0.192. The normalized spacial score (nSPS) is 10.2. The summed E-state index contributed by atoms with van der Waals surface area (Å²) in [6.07, 6.45) is 0.309. The molecule has 1 rings (SSSR count). The molecule has 0 aliphatic rings. The van der Waals surface area contributed by atoms with Crippen LogP contribution >= 0.6 is 11.6 Å². The largest absolute Gasteiger partial charge is 0.466 e. The molecular weight excluding hydrogens is 224 g/mol. The Hall–Kier alpha value is -1.02. The smallest absolute Gasteiger partial charge is 0.310 e. The molecular formula is C13H17ClO2. The second kappa shape index (κ2) is 5.90. The van der Waals surface area contributed by atoms with Crippen LogP contribution in [0.5, 0.6) is 0 Å². The molecule has 0 fully saturated rings. The molecule has 88 valence electrons. The minimum Gasteiger partial charge on any atom is -0.466 e. The highest BCUT2D eigenvalue weighted by Gasteiger charge is 2.12. The van der Waals surface area contributed by atoms with Crippen LogP contribution in [0.2, 0.25) is 0 Å². The highest BCUT2D eigenvalue weighted by molar-refractivity contribution is 6.17. The number of benzene rings is 1. The van der Waals surface area contributed by atoms with E-state index in [0.717, 1.165) is 22.3 Å². The Labute approximate surface area is 102 Å². The van der Waals surface area contributed by atoms with Gasteiger partial charge in [0, 0.05) is 5.88 Å². The molecule has 1 aromatic rings. The molecule has 0 aliphatic heterocycles. The van der Waals surface area contributed by atoms with E-state index in [0.29, 0.717) is 18.9 Å². The van der Waals surface area contributed by atoms with Crippen LogP contribution in [0.15, 0.2) is 12.1 Å². The quantitative estimate of drug-likeness (QED) is 0.597. The molecule has 3 heteroatoms. The van der Waals surface area contributed by atoms with Crippen molar-refractivity contribution in [3.63, 3.8) is 0 Å². The number of esters is 1. The molecule has 2 nitrogen and oxygen atoms in total. The van der Waals surface area contributed by atoms with E-state index in [1.54, 1.807) is 0 Å². The van der Waals surface area contributed by atoms with Gasteiger partial charge in [0.15, 0.2) is 0 Å². The van der Waals surface area contributed by atoms with Gasteiger partial charge in [-0.25, -0.2) is 0 Å². The number of halogens is 1. The first-order chi connectivity index (χ1) is 7.60. The summed E-state index contributed by atoms with van der Waals surface area (Å²) in [6, 6.07) is 4.04. The summed E-state index contributed by atoms with van der Waals surface area (Å²) in [7, 11) is 0.